The van der Waals surface area contributed by atoms with Crippen molar-refractivity contribution in [1.29, 1.82) is 0 Å². The summed E-state index contributed by atoms with van der Waals surface area (Å²) >= 11 is 1.57. The molecule has 0 spiro atoms. The molecule has 0 amide bonds. The third-order valence-corrected chi connectivity index (χ3v) is 7.21. The molecule has 2 aromatic carbocycles. The number of carbonyl (C=O) groups excluding carboxylic acids is 1. The van der Waals surface area contributed by atoms with E-state index in [1.807, 2.05) is 4.57 Å². The fourth-order valence-corrected chi connectivity index (χ4v) is 5.16. The first-order chi connectivity index (χ1) is 17.0. The van der Waals surface area contributed by atoms with Gasteiger partial charge in [-0.1, -0.05) is 23.9 Å². The first kappa shape index (κ1) is 23.2. The molecule has 0 radical (unpaired) electrons. The van der Waals surface area contributed by atoms with Crippen molar-refractivity contribution in [3.63, 3.8) is 0 Å². The highest BCUT2D eigenvalue weighted by Gasteiger charge is 2.32. The molecular weight excluding hydrogens is 473 g/mol. The monoisotopic (exact) mass is 495 g/mol. The zero-order chi connectivity index (χ0) is 24.5. The number of thioether (sulfide) groups is 1. The number of esters is 1. The molecule has 0 saturated heterocycles. The van der Waals surface area contributed by atoms with Crippen LogP contribution in [0.5, 0.6) is 0 Å². The minimum absolute atomic E-state index is 0.0725. The normalized spacial score (nSPS) is 16.6. The molecule has 1 saturated carbocycles. The van der Waals surface area contributed by atoms with Gasteiger partial charge in [-0.2, -0.15) is 0 Å². The highest BCUT2D eigenvalue weighted by molar-refractivity contribution is 7.99. The average Bonchev–Trinajstić information content (AvgIpc) is 3.62. The first-order valence-electron chi connectivity index (χ1n) is 11.2. The van der Waals surface area contributed by atoms with E-state index in [2.05, 4.69) is 10.2 Å². The Labute approximate surface area is 204 Å². The van der Waals surface area contributed by atoms with Crippen molar-refractivity contribution in [3.05, 3.63) is 75.3 Å². The van der Waals surface area contributed by atoms with E-state index in [9.17, 15) is 19.3 Å². The second-order valence-electron chi connectivity index (χ2n) is 8.48. The fraction of sp³-hybridized carbons (Fsp3) is 0.333. The van der Waals surface area contributed by atoms with Gasteiger partial charge in [-0.15, -0.1) is 10.2 Å². The van der Waals surface area contributed by atoms with E-state index in [0.29, 0.717) is 28.1 Å². The molecule has 0 unspecified atom stereocenters. The first-order valence-corrected chi connectivity index (χ1v) is 12.2. The standard InChI is InChI=1S/C24H22FN5O4S/c1-34-21(31)11-9-19-23-27-28-24(35-13-14-6-7-14)29(23)20-10-8-15(30(32)33)12-17(20)22(26-19)16-4-2-3-5-18(16)25/h2-5,8,10,12,14,19H,6-7,9,11,13H2,1H3/t19-/m0/s1. The van der Waals surface area contributed by atoms with Crippen molar-refractivity contribution < 1.29 is 18.8 Å². The van der Waals surface area contributed by atoms with Crippen LogP contribution in [0.3, 0.4) is 0 Å². The van der Waals surface area contributed by atoms with E-state index in [0.717, 1.165) is 5.75 Å². The van der Waals surface area contributed by atoms with E-state index in [1.54, 1.807) is 36.0 Å². The molecular formula is C24H22FN5O4S. The van der Waals surface area contributed by atoms with Gasteiger partial charge in [0.1, 0.15) is 11.9 Å². The fourth-order valence-electron chi connectivity index (χ4n) is 4.02. The second-order valence-corrected chi connectivity index (χ2v) is 9.46. The van der Waals surface area contributed by atoms with Gasteiger partial charge in [-0.25, -0.2) is 4.39 Å². The van der Waals surface area contributed by atoms with Crippen LogP contribution in [0.4, 0.5) is 10.1 Å². The summed E-state index contributed by atoms with van der Waals surface area (Å²) in [6.45, 7) is 0. The van der Waals surface area contributed by atoms with Crippen LogP contribution in [0.25, 0.3) is 5.69 Å². The molecule has 0 N–H and O–H groups in total. The van der Waals surface area contributed by atoms with Gasteiger partial charge < -0.3 is 4.74 Å². The van der Waals surface area contributed by atoms with Crippen LogP contribution >= 0.6 is 11.8 Å². The van der Waals surface area contributed by atoms with Gasteiger partial charge in [0.25, 0.3) is 5.69 Å². The summed E-state index contributed by atoms with van der Waals surface area (Å²) in [7, 11) is 1.31. The number of fused-ring (bicyclic) bond motifs is 3. The van der Waals surface area contributed by atoms with Crippen molar-refractivity contribution in [2.45, 2.75) is 36.9 Å². The smallest absolute Gasteiger partial charge is 0.305 e. The van der Waals surface area contributed by atoms with Crippen molar-refractivity contribution in [2.24, 2.45) is 10.9 Å². The zero-order valence-corrected chi connectivity index (χ0v) is 19.7. The van der Waals surface area contributed by atoms with Crippen LogP contribution in [0, 0.1) is 21.8 Å². The van der Waals surface area contributed by atoms with Crippen LogP contribution in [0.2, 0.25) is 0 Å². The quantitative estimate of drug-likeness (QED) is 0.193. The molecule has 5 rings (SSSR count). The van der Waals surface area contributed by atoms with Crippen molar-refractivity contribution in [3.8, 4) is 5.69 Å². The molecule has 35 heavy (non-hydrogen) atoms. The van der Waals surface area contributed by atoms with E-state index in [1.165, 1.54) is 38.2 Å². The van der Waals surface area contributed by atoms with Gasteiger partial charge in [-0.3, -0.25) is 24.5 Å². The molecule has 1 fully saturated rings. The lowest BCUT2D eigenvalue weighted by molar-refractivity contribution is -0.384. The van der Waals surface area contributed by atoms with Crippen LogP contribution < -0.4 is 0 Å². The molecule has 2 aliphatic rings. The number of methoxy groups -OCH3 is 1. The topological polar surface area (TPSA) is 113 Å². The molecule has 2 heterocycles. The number of non-ortho nitro benzene ring substituents is 1. The maximum Gasteiger partial charge on any atom is 0.305 e. The maximum atomic E-state index is 15.0. The number of hydrogen-bond acceptors (Lipinski definition) is 8. The summed E-state index contributed by atoms with van der Waals surface area (Å²) in [6, 6.07) is 9.96. The number of benzene rings is 2. The van der Waals surface area contributed by atoms with Crippen molar-refractivity contribution in [1.82, 2.24) is 14.8 Å². The Balaban J connectivity index is 1.71. The van der Waals surface area contributed by atoms with Crippen molar-refractivity contribution in [2.75, 3.05) is 12.9 Å². The van der Waals surface area contributed by atoms with Gasteiger partial charge in [0.15, 0.2) is 11.0 Å². The van der Waals surface area contributed by atoms with Crippen molar-refractivity contribution >= 4 is 29.1 Å². The number of nitrogens with zero attached hydrogens (tertiary/aromatic N) is 5. The largest absolute Gasteiger partial charge is 0.469 e. The number of nitro benzene ring substituents is 1. The zero-order valence-electron chi connectivity index (χ0n) is 18.9. The van der Waals surface area contributed by atoms with Gasteiger partial charge in [0.05, 0.1) is 23.4 Å². The second kappa shape index (κ2) is 9.57. The summed E-state index contributed by atoms with van der Waals surface area (Å²) in [5, 5.41) is 21.0. The Bertz CT molecular complexity index is 1340. The number of hydrogen-bond donors (Lipinski definition) is 0. The third-order valence-electron chi connectivity index (χ3n) is 6.05. The number of ether oxygens (including phenoxy) is 1. The summed E-state index contributed by atoms with van der Waals surface area (Å²) in [5.74, 6) is 1.11. The molecule has 11 heteroatoms. The molecule has 9 nitrogen and oxygen atoms in total. The number of aromatic nitrogens is 3. The highest BCUT2D eigenvalue weighted by atomic mass is 32.2. The van der Waals surface area contributed by atoms with E-state index >= 15 is 0 Å². The molecule has 1 aromatic heterocycles. The number of rotatable bonds is 8. The number of nitro groups is 1. The summed E-state index contributed by atoms with van der Waals surface area (Å²) in [5.41, 5.74) is 1.32. The molecule has 180 valence electrons. The SMILES string of the molecule is COC(=O)CC[C@@H]1N=C(c2ccccc2F)c2cc([N+](=O)[O-])ccc2-n2c(SCC3CC3)nnc21. The van der Waals surface area contributed by atoms with Gasteiger partial charge in [0, 0.05) is 35.4 Å². The lowest BCUT2D eigenvalue weighted by Crippen LogP contribution is -2.10. The Morgan fingerprint density at radius 2 is 2.03 bits per heavy atom. The Kier molecular flexibility index (Phi) is 6.33. The summed E-state index contributed by atoms with van der Waals surface area (Å²) < 4.78 is 21.6. The summed E-state index contributed by atoms with van der Waals surface area (Å²) in [6.07, 6.45) is 2.69. The van der Waals surface area contributed by atoms with Crippen LogP contribution in [-0.2, 0) is 9.53 Å². The van der Waals surface area contributed by atoms with E-state index in [4.69, 9.17) is 9.73 Å². The van der Waals surface area contributed by atoms with E-state index in [-0.39, 0.29) is 29.8 Å². The van der Waals surface area contributed by atoms with E-state index < -0.39 is 22.8 Å². The molecule has 1 atom stereocenters. The number of aliphatic imine (C=N–C) groups is 1. The number of halogens is 1. The van der Waals surface area contributed by atoms with Crippen LogP contribution in [0.1, 0.15) is 48.7 Å². The Hall–Kier alpha value is -3.60. The van der Waals surface area contributed by atoms with Gasteiger partial charge >= 0.3 is 5.97 Å². The Morgan fingerprint density at radius 1 is 1.23 bits per heavy atom. The highest BCUT2D eigenvalue weighted by Crippen LogP contribution is 2.39. The lowest BCUT2D eigenvalue weighted by Gasteiger charge is -2.13. The predicted octanol–water partition coefficient (Wildman–Crippen LogP) is 4.66. The van der Waals surface area contributed by atoms with Crippen LogP contribution in [0.15, 0.2) is 52.6 Å². The number of carbonyl (C=O) groups is 1. The molecule has 1 aliphatic heterocycles. The Morgan fingerprint density at radius 3 is 2.74 bits per heavy atom. The minimum atomic E-state index is -0.641. The third kappa shape index (κ3) is 4.68. The average molecular weight is 496 g/mol. The minimum Gasteiger partial charge on any atom is -0.469 e. The molecule has 1 aliphatic carbocycles. The maximum absolute atomic E-state index is 15.0. The molecule has 0 bridgehead atoms. The van der Waals surface area contributed by atoms with Gasteiger partial charge in [0.2, 0.25) is 0 Å². The predicted molar refractivity (Wildman–Crippen MR) is 127 cm³/mol. The molecule has 3 aromatic rings. The lowest BCUT2D eigenvalue weighted by atomic mass is 9.99. The summed E-state index contributed by atoms with van der Waals surface area (Å²) in [4.78, 5) is 27.9. The van der Waals surface area contributed by atoms with Crippen LogP contribution in [-0.4, -0.2) is 44.2 Å². The van der Waals surface area contributed by atoms with Gasteiger partial charge in [-0.05, 0) is 43.4 Å².